The number of halogens is 5. The number of anilines is 2. The van der Waals surface area contributed by atoms with Crippen LogP contribution in [-0.2, 0) is 11.0 Å². The van der Waals surface area contributed by atoms with E-state index in [-0.39, 0.29) is 44.1 Å². The van der Waals surface area contributed by atoms with Gasteiger partial charge in [-0.05, 0) is 24.3 Å². The fourth-order valence-electron chi connectivity index (χ4n) is 3.25. The molecule has 1 amide bonds. The van der Waals surface area contributed by atoms with Gasteiger partial charge in [-0.3, -0.25) is 19.8 Å². The molecule has 0 spiro atoms. The van der Waals surface area contributed by atoms with Crippen LogP contribution in [0.4, 0.5) is 39.0 Å². The maximum absolute atomic E-state index is 13.6. The Bertz CT molecular complexity index is 991. The van der Waals surface area contributed by atoms with Crippen molar-refractivity contribution >= 4 is 23.0 Å². The first kappa shape index (κ1) is 22.4. The first-order valence-corrected chi connectivity index (χ1v) is 9.12. The molecule has 1 aliphatic rings. The Kier molecular flexibility index (Phi) is 6.39. The summed E-state index contributed by atoms with van der Waals surface area (Å²) in [6.07, 6.45) is -4.70. The zero-order valence-corrected chi connectivity index (χ0v) is 16.0. The number of piperazine rings is 1. The molecule has 2 aromatic rings. The molecule has 0 radical (unpaired) electrons. The smallest absolute Gasteiger partial charge is 0.363 e. The van der Waals surface area contributed by atoms with E-state index in [1.165, 1.54) is 0 Å². The molecule has 0 bridgehead atoms. The van der Waals surface area contributed by atoms with Gasteiger partial charge in [0.2, 0.25) is 5.91 Å². The summed E-state index contributed by atoms with van der Waals surface area (Å²) < 4.78 is 65.4. The fraction of sp³-hybridized carbons (Fsp3) is 0.316. The fourth-order valence-corrected chi connectivity index (χ4v) is 3.25. The zero-order valence-electron chi connectivity index (χ0n) is 16.0. The van der Waals surface area contributed by atoms with E-state index >= 15 is 0 Å². The average molecular weight is 444 g/mol. The van der Waals surface area contributed by atoms with Crippen molar-refractivity contribution in [1.29, 1.82) is 0 Å². The van der Waals surface area contributed by atoms with E-state index in [0.29, 0.717) is 6.07 Å². The van der Waals surface area contributed by atoms with Crippen molar-refractivity contribution < 1.29 is 31.7 Å². The van der Waals surface area contributed by atoms with Crippen molar-refractivity contribution in [2.45, 2.75) is 6.18 Å². The van der Waals surface area contributed by atoms with Crippen molar-refractivity contribution in [2.24, 2.45) is 0 Å². The lowest BCUT2D eigenvalue weighted by Gasteiger charge is -2.35. The summed E-state index contributed by atoms with van der Waals surface area (Å²) in [7, 11) is 0. The van der Waals surface area contributed by atoms with E-state index in [1.54, 1.807) is 9.80 Å². The van der Waals surface area contributed by atoms with E-state index in [4.69, 9.17) is 0 Å². The number of nitrogens with zero attached hydrogens (tertiary/aromatic N) is 3. The monoisotopic (exact) mass is 444 g/mol. The average Bonchev–Trinajstić information content (AvgIpc) is 2.70. The Labute approximate surface area is 173 Å². The number of benzene rings is 2. The summed E-state index contributed by atoms with van der Waals surface area (Å²) in [5.41, 5.74) is -1.99. The van der Waals surface area contributed by atoms with Crippen molar-refractivity contribution in [3.8, 4) is 0 Å². The van der Waals surface area contributed by atoms with Crippen LogP contribution in [-0.4, -0.2) is 48.5 Å². The van der Waals surface area contributed by atoms with Crippen LogP contribution in [0.3, 0.4) is 0 Å². The van der Waals surface area contributed by atoms with Gasteiger partial charge in [-0.25, -0.2) is 8.78 Å². The maximum Gasteiger partial charge on any atom is 0.416 e. The molecule has 1 heterocycles. The summed E-state index contributed by atoms with van der Waals surface area (Å²) in [5.74, 6) is -2.06. The molecule has 1 aliphatic heterocycles. The Hall–Kier alpha value is -3.28. The number of rotatable bonds is 5. The predicted octanol–water partition coefficient (Wildman–Crippen LogP) is 3.65. The molecule has 166 valence electrons. The van der Waals surface area contributed by atoms with Gasteiger partial charge in [-0.15, -0.1) is 0 Å². The van der Waals surface area contributed by atoms with Gasteiger partial charge in [-0.1, -0.05) is 0 Å². The summed E-state index contributed by atoms with van der Waals surface area (Å²) in [5, 5.41) is 13.5. The first-order valence-electron chi connectivity index (χ1n) is 9.12. The number of nitrogens with one attached hydrogen (secondary N) is 1. The standard InChI is InChI=1S/C19H17F5N4O3/c20-13-2-3-14(21)15(10-13)25-18(29)11-26-5-7-27(8-6-26)16-4-1-12(19(22,23)24)9-17(16)28(30)31/h1-4,9-10H,5-8,11H2,(H,25,29). The Morgan fingerprint density at radius 2 is 1.74 bits per heavy atom. The third kappa shape index (κ3) is 5.45. The number of alkyl halides is 3. The minimum absolute atomic E-state index is 0.0592. The van der Waals surface area contributed by atoms with Gasteiger partial charge in [0.15, 0.2) is 0 Å². The van der Waals surface area contributed by atoms with E-state index in [9.17, 15) is 36.9 Å². The second-order valence-electron chi connectivity index (χ2n) is 6.89. The third-order valence-electron chi connectivity index (χ3n) is 4.78. The molecular weight excluding hydrogens is 427 g/mol. The number of carbonyl (C=O) groups is 1. The number of hydrogen-bond donors (Lipinski definition) is 1. The van der Waals surface area contributed by atoms with Gasteiger partial charge in [0.25, 0.3) is 5.69 Å². The molecule has 1 fully saturated rings. The minimum atomic E-state index is -4.70. The van der Waals surface area contributed by atoms with E-state index < -0.39 is 39.9 Å². The molecule has 0 aliphatic carbocycles. The summed E-state index contributed by atoms with van der Waals surface area (Å²) in [6.45, 7) is 0.912. The Morgan fingerprint density at radius 1 is 1.06 bits per heavy atom. The lowest BCUT2D eigenvalue weighted by molar-refractivity contribution is -0.384. The number of amides is 1. The lowest BCUT2D eigenvalue weighted by atomic mass is 10.1. The quantitative estimate of drug-likeness (QED) is 0.433. The van der Waals surface area contributed by atoms with Crippen LogP contribution >= 0.6 is 0 Å². The Morgan fingerprint density at radius 3 is 2.35 bits per heavy atom. The molecule has 1 N–H and O–H groups in total. The van der Waals surface area contributed by atoms with Crippen molar-refractivity contribution in [1.82, 2.24) is 4.90 Å². The SMILES string of the molecule is O=C(CN1CCN(c2ccc(C(F)(F)F)cc2[N+](=O)[O-])CC1)Nc1cc(F)ccc1F. The van der Waals surface area contributed by atoms with Gasteiger partial charge in [0, 0.05) is 38.3 Å². The van der Waals surface area contributed by atoms with Crippen LogP contribution in [0, 0.1) is 21.7 Å². The topological polar surface area (TPSA) is 78.7 Å². The van der Waals surface area contributed by atoms with Gasteiger partial charge < -0.3 is 10.2 Å². The van der Waals surface area contributed by atoms with Crippen molar-refractivity contribution in [2.75, 3.05) is 42.9 Å². The Balaban J connectivity index is 1.62. The minimum Gasteiger partial charge on any atom is -0.363 e. The van der Waals surface area contributed by atoms with Crippen molar-refractivity contribution in [3.05, 3.63) is 63.7 Å². The molecule has 31 heavy (non-hydrogen) atoms. The number of nitro groups is 1. The third-order valence-corrected chi connectivity index (χ3v) is 4.78. The second kappa shape index (κ2) is 8.84. The van der Waals surface area contributed by atoms with E-state index in [0.717, 1.165) is 30.3 Å². The lowest BCUT2D eigenvalue weighted by Crippen LogP contribution is -2.48. The molecule has 0 unspecified atom stereocenters. The molecule has 1 saturated heterocycles. The highest BCUT2D eigenvalue weighted by Gasteiger charge is 2.34. The van der Waals surface area contributed by atoms with E-state index in [2.05, 4.69) is 5.32 Å². The van der Waals surface area contributed by atoms with Crippen LogP contribution in [0.5, 0.6) is 0 Å². The molecule has 12 heteroatoms. The second-order valence-corrected chi connectivity index (χ2v) is 6.89. The summed E-state index contributed by atoms with van der Waals surface area (Å²) >= 11 is 0. The van der Waals surface area contributed by atoms with Crippen LogP contribution in [0.1, 0.15) is 5.56 Å². The zero-order chi connectivity index (χ0) is 22.8. The van der Waals surface area contributed by atoms with Crippen LogP contribution < -0.4 is 10.2 Å². The number of hydrogen-bond acceptors (Lipinski definition) is 5. The van der Waals surface area contributed by atoms with Crippen LogP contribution in [0.15, 0.2) is 36.4 Å². The molecular formula is C19H17F5N4O3. The molecule has 3 rings (SSSR count). The molecule has 0 aromatic heterocycles. The van der Waals surface area contributed by atoms with Crippen LogP contribution in [0.2, 0.25) is 0 Å². The highest BCUT2D eigenvalue weighted by atomic mass is 19.4. The predicted molar refractivity (Wildman–Crippen MR) is 102 cm³/mol. The van der Waals surface area contributed by atoms with Crippen LogP contribution in [0.25, 0.3) is 0 Å². The number of nitro benzene ring substituents is 1. The molecule has 7 nitrogen and oxygen atoms in total. The maximum atomic E-state index is 13.6. The molecule has 2 aromatic carbocycles. The van der Waals surface area contributed by atoms with E-state index in [1.807, 2.05) is 0 Å². The molecule has 0 saturated carbocycles. The molecule has 0 atom stereocenters. The van der Waals surface area contributed by atoms with Gasteiger partial charge in [0.1, 0.15) is 17.3 Å². The largest absolute Gasteiger partial charge is 0.416 e. The highest BCUT2D eigenvalue weighted by molar-refractivity contribution is 5.92. The number of carbonyl (C=O) groups excluding carboxylic acids is 1. The summed E-state index contributed by atoms with van der Waals surface area (Å²) in [6, 6.07) is 5.02. The first-order chi connectivity index (χ1) is 14.5. The normalized spacial score (nSPS) is 15.1. The highest BCUT2D eigenvalue weighted by Crippen LogP contribution is 2.36. The van der Waals surface area contributed by atoms with Gasteiger partial charge in [0.05, 0.1) is 22.7 Å². The van der Waals surface area contributed by atoms with Gasteiger partial charge in [-0.2, -0.15) is 13.2 Å². The van der Waals surface area contributed by atoms with Crippen molar-refractivity contribution in [3.63, 3.8) is 0 Å². The summed E-state index contributed by atoms with van der Waals surface area (Å²) in [4.78, 5) is 25.8. The van der Waals surface area contributed by atoms with Gasteiger partial charge >= 0.3 is 6.18 Å².